The second kappa shape index (κ2) is 7.68. The van der Waals surface area contributed by atoms with Crippen molar-refractivity contribution in [2.24, 2.45) is 0 Å². The lowest BCUT2D eigenvalue weighted by Crippen LogP contribution is -2.12. The van der Waals surface area contributed by atoms with E-state index in [1.807, 2.05) is 48.5 Å². The Morgan fingerprint density at radius 1 is 1.12 bits per heavy atom. The first-order valence-electron chi connectivity index (χ1n) is 8.68. The highest BCUT2D eigenvalue weighted by atomic mass is 35.5. The van der Waals surface area contributed by atoms with Gasteiger partial charge in [-0.2, -0.15) is 0 Å². The van der Waals surface area contributed by atoms with Crippen LogP contribution < -0.4 is 0 Å². The number of carbonyl (C=O) groups is 1. The van der Waals surface area contributed by atoms with Crippen LogP contribution in [0.25, 0.3) is 10.9 Å². The molecule has 0 saturated carbocycles. The maximum atomic E-state index is 12.8. The van der Waals surface area contributed by atoms with Crippen LogP contribution in [0.15, 0.2) is 53.4 Å². The third-order valence-electron chi connectivity index (χ3n) is 4.52. The van der Waals surface area contributed by atoms with Crippen LogP contribution in [0.4, 0.5) is 0 Å². The van der Waals surface area contributed by atoms with Crippen molar-refractivity contribution < 1.29 is 9.53 Å². The second-order valence-electron chi connectivity index (χ2n) is 6.22. The number of hydrogen-bond donors (Lipinski definition) is 0. The first-order valence-corrected chi connectivity index (χ1v) is 10.0. The molecule has 2 aromatic carbocycles. The Morgan fingerprint density at radius 2 is 1.92 bits per heavy atom. The van der Waals surface area contributed by atoms with Gasteiger partial charge in [0.25, 0.3) is 0 Å². The number of fused-ring (bicyclic) bond motifs is 2. The smallest absolute Gasteiger partial charge is 0.339 e. The number of rotatable bonds is 5. The summed E-state index contributed by atoms with van der Waals surface area (Å²) in [5, 5.41) is 1.61. The van der Waals surface area contributed by atoms with E-state index in [2.05, 4.69) is 0 Å². The van der Waals surface area contributed by atoms with Crippen LogP contribution in [0.1, 0.15) is 28.0 Å². The van der Waals surface area contributed by atoms with Gasteiger partial charge >= 0.3 is 5.97 Å². The molecule has 0 atom stereocenters. The van der Waals surface area contributed by atoms with Crippen LogP contribution >= 0.6 is 23.4 Å². The van der Waals surface area contributed by atoms with E-state index in [9.17, 15) is 4.79 Å². The standard InChI is InChI=1S/C21H18ClNO2S/c22-14-8-10-15(11-9-14)26-13-12-25-21(24)20-16-4-1-2-6-18(16)23-19-7-3-5-17(19)20/h1-2,4,6,8-11H,3,5,7,12-13H2. The molecule has 0 amide bonds. The maximum absolute atomic E-state index is 12.8. The van der Waals surface area contributed by atoms with E-state index in [4.69, 9.17) is 21.3 Å². The SMILES string of the molecule is O=C(OCCSc1ccc(Cl)cc1)c1c2c(nc3ccccc13)CCC2. The van der Waals surface area contributed by atoms with E-state index < -0.39 is 0 Å². The second-order valence-corrected chi connectivity index (χ2v) is 7.83. The van der Waals surface area contributed by atoms with E-state index in [0.29, 0.717) is 17.9 Å². The Balaban J connectivity index is 1.47. The van der Waals surface area contributed by atoms with E-state index in [1.165, 1.54) is 0 Å². The molecule has 0 N–H and O–H groups in total. The molecule has 0 aliphatic heterocycles. The molecule has 0 saturated heterocycles. The van der Waals surface area contributed by atoms with Gasteiger partial charge in [0.05, 0.1) is 11.1 Å². The minimum Gasteiger partial charge on any atom is -0.461 e. The highest BCUT2D eigenvalue weighted by molar-refractivity contribution is 7.99. The Hall–Kier alpha value is -2.04. The quantitative estimate of drug-likeness (QED) is 0.339. The summed E-state index contributed by atoms with van der Waals surface area (Å²) in [5.41, 5.74) is 3.69. The number of hydrogen-bond acceptors (Lipinski definition) is 4. The number of benzene rings is 2. The van der Waals surface area contributed by atoms with Gasteiger partial charge in [-0.05, 0) is 55.2 Å². The predicted octanol–water partition coefficient (Wildman–Crippen LogP) is 5.33. The number of esters is 1. The largest absolute Gasteiger partial charge is 0.461 e. The summed E-state index contributed by atoms with van der Waals surface area (Å²) in [6.45, 7) is 0.373. The lowest BCUT2D eigenvalue weighted by Gasteiger charge is -2.12. The van der Waals surface area contributed by atoms with Crippen molar-refractivity contribution in [3.8, 4) is 0 Å². The van der Waals surface area contributed by atoms with Crippen LogP contribution in [0.2, 0.25) is 5.02 Å². The normalized spacial score (nSPS) is 13.0. The van der Waals surface area contributed by atoms with Gasteiger partial charge in [-0.15, -0.1) is 11.8 Å². The summed E-state index contributed by atoms with van der Waals surface area (Å²) in [7, 11) is 0. The van der Waals surface area contributed by atoms with E-state index in [-0.39, 0.29) is 5.97 Å². The third-order valence-corrected chi connectivity index (χ3v) is 5.75. The number of aromatic nitrogens is 1. The van der Waals surface area contributed by atoms with Crippen molar-refractivity contribution in [3.63, 3.8) is 0 Å². The Labute approximate surface area is 161 Å². The summed E-state index contributed by atoms with van der Waals surface area (Å²) in [6, 6.07) is 15.5. The molecule has 5 heteroatoms. The van der Waals surface area contributed by atoms with Crippen molar-refractivity contribution in [1.82, 2.24) is 4.98 Å². The summed E-state index contributed by atoms with van der Waals surface area (Å²) in [6.07, 6.45) is 2.88. The number of carbonyl (C=O) groups excluding carboxylic acids is 1. The molecule has 3 nitrogen and oxygen atoms in total. The highest BCUT2D eigenvalue weighted by Gasteiger charge is 2.24. The van der Waals surface area contributed by atoms with Crippen LogP contribution in [0.5, 0.6) is 0 Å². The first-order chi connectivity index (χ1) is 12.7. The third kappa shape index (κ3) is 3.57. The molecule has 132 valence electrons. The summed E-state index contributed by atoms with van der Waals surface area (Å²) in [4.78, 5) is 18.6. The Kier molecular flexibility index (Phi) is 5.14. The van der Waals surface area contributed by atoms with Crippen LogP contribution in [0, 0.1) is 0 Å². The van der Waals surface area contributed by atoms with E-state index >= 15 is 0 Å². The van der Waals surface area contributed by atoms with Crippen molar-refractivity contribution in [2.75, 3.05) is 12.4 Å². The van der Waals surface area contributed by atoms with Crippen molar-refractivity contribution >= 4 is 40.2 Å². The minimum atomic E-state index is -0.238. The minimum absolute atomic E-state index is 0.238. The number of halogens is 1. The van der Waals surface area contributed by atoms with Crippen molar-refractivity contribution in [3.05, 3.63) is 70.4 Å². The fourth-order valence-corrected chi connectivity index (χ4v) is 4.20. The molecule has 1 aromatic heterocycles. The van der Waals surface area contributed by atoms with E-state index in [1.54, 1.807) is 11.8 Å². The molecule has 1 aliphatic rings. The molecule has 1 heterocycles. The zero-order valence-electron chi connectivity index (χ0n) is 14.2. The summed E-state index contributed by atoms with van der Waals surface area (Å²) < 4.78 is 5.59. The van der Waals surface area contributed by atoms with Gasteiger partial charge in [0.2, 0.25) is 0 Å². The van der Waals surface area contributed by atoms with Crippen LogP contribution in [-0.4, -0.2) is 23.3 Å². The molecular weight excluding hydrogens is 366 g/mol. The first kappa shape index (κ1) is 17.4. The number of aryl methyl sites for hydroxylation is 1. The lowest BCUT2D eigenvalue weighted by molar-refractivity contribution is 0.0531. The van der Waals surface area contributed by atoms with Gasteiger partial charge in [-0.3, -0.25) is 4.98 Å². The molecule has 0 spiro atoms. The number of thioether (sulfide) groups is 1. The zero-order chi connectivity index (χ0) is 17.9. The van der Waals surface area contributed by atoms with Gasteiger partial charge in [0, 0.05) is 26.8 Å². The Morgan fingerprint density at radius 3 is 2.77 bits per heavy atom. The molecule has 0 fully saturated rings. The van der Waals surface area contributed by atoms with Crippen LogP contribution in [0.3, 0.4) is 0 Å². The molecule has 26 heavy (non-hydrogen) atoms. The number of ether oxygens (including phenoxy) is 1. The zero-order valence-corrected chi connectivity index (χ0v) is 15.8. The number of nitrogens with zero attached hydrogens (tertiary/aromatic N) is 1. The topological polar surface area (TPSA) is 39.2 Å². The monoisotopic (exact) mass is 383 g/mol. The van der Waals surface area contributed by atoms with Gasteiger partial charge in [0.1, 0.15) is 6.61 Å². The highest BCUT2D eigenvalue weighted by Crippen LogP contribution is 2.30. The number of pyridine rings is 1. The fourth-order valence-electron chi connectivity index (χ4n) is 3.34. The van der Waals surface area contributed by atoms with Gasteiger partial charge in [-0.25, -0.2) is 4.79 Å². The molecule has 3 aromatic rings. The molecule has 1 aliphatic carbocycles. The van der Waals surface area contributed by atoms with Crippen LogP contribution in [-0.2, 0) is 17.6 Å². The summed E-state index contributed by atoms with van der Waals surface area (Å²) in [5.74, 6) is 0.469. The van der Waals surface area contributed by atoms with E-state index in [0.717, 1.165) is 51.3 Å². The fraction of sp³-hybridized carbons (Fsp3) is 0.238. The number of para-hydroxylation sites is 1. The molecule has 0 radical (unpaired) electrons. The van der Waals surface area contributed by atoms with Gasteiger partial charge in [0.15, 0.2) is 0 Å². The average Bonchev–Trinajstić information content (AvgIpc) is 3.12. The average molecular weight is 384 g/mol. The van der Waals surface area contributed by atoms with Gasteiger partial charge in [-0.1, -0.05) is 29.8 Å². The van der Waals surface area contributed by atoms with Crippen molar-refractivity contribution in [2.45, 2.75) is 24.2 Å². The maximum Gasteiger partial charge on any atom is 0.339 e. The van der Waals surface area contributed by atoms with Crippen molar-refractivity contribution in [1.29, 1.82) is 0 Å². The van der Waals surface area contributed by atoms with Gasteiger partial charge < -0.3 is 4.74 Å². The molecular formula is C21H18ClNO2S. The molecule has 4 rings (SSSR count). The Bertz CT molecular complexity index is 956. The molecule has 0 unspecified atom stereocenters. The molecule has 0 bridgehead atoms. The predicted molar refractivity (Wildman–Crippen MR) is 106 cm³/mol. The lowest BCUT2D eigenvalue weighted by atomic mass is 10.0. The summed E-state index contributed by atoms with van der Waals surface area (Å²) >= 11 is 7.54.